The molecule has 0 bridgehead atoms. The summed E-state index contributed by atoms with van der Waals surface area (Å²) in [5, 5.41) is 0.619. The Labute approximate surface area is 98.2 Å². The highest BCUT2D eigenvalue weighted by molar-refractivity contribution is 6.32. The largest absolute Gasteiger partial charge is 0.449 e. The van der Waals surface area contributed by atoms with Gasteiger partial charge in [0, 0.05) is 5.03 Å². The maximum Gasteiger partial charge on any atom is 0.339 e. The first kappa shape index (κ1) is 10.7. The van der Waals surface area contributed by atoms with Crippen molar-refractivity contribution in [2.45, 2.75) is 6.42 Å². The highest BCUT2D eigenvalue weighted by atomic mass is 35.5. The molecular formula is C12H9ClN2O. The number of benzene rings is 1. The fourth-order valence-electron chi connectivity index (χ4n) is 1.36. The number of ether oxygens (including phenoxy) is 1. The van der Waals surface area contributed by atoms with Crippen LogP contribution in [0.2, 0.25) is 0 Å². The zero-order valence-corrected chi connectivity index (χ0v) is 9.19. The predicted octanol–water partition coefficient (Wildman–Crippen LogP) is 3.15. The number of allylic oxidation sites excluding steroid dienone is 4. The zero-order valence-electron chi connectivity index (χ0n) is 8.43. The first-order valence-electron chi connectivity index (χ1n) is 4.80. The normalized spacial score (nSPS) is 14.9. The zero-order chi connectivity index (χ0) is 11.4. The molecule has 0 heterocycles. The van der Waals surface area contributed by atoms with Crippen LogP contribution in [0.5, 0.6) is 5.75 Å². The van der Waals surface area contributed by atoms with E-state index in [0.29, 0.717) is 28.7 Å². The van der Waals surface area contributed by atoms with Gasteiger partial charge in [-0.3, -0.25) is 0 Å². The molecule has 0 saturated heterocycles. The van der Waals surface area contributed by atoms with Crippen molar-refractivity contribution in [3.05, 3.63) is 58.8 Å². The Morgan fingerprint density at radius 3 is 2.62 bits per heavy atom. The van der Waals surface area contributed by atoms with Gasteiger partial charge in [0.05, 0.1) is 6.42 Å². The molecule has 1 aliphatic rings. The summed E-state index contributed by atoms with van der Waals surface area (Å²) in [6.45, 7) is 0. The van der Waals surface area contributed by atoms with Crippen LogP contribution in [0.25, 0.3) is 5.53 Å². The number of rotatable bonds is 2. The van der Waals surface area contributed by atoms with Gasteiger partial charge in [-0.2, -0.15) is 4.79 Å². The topological polar surface area (TPSA) is 45.6 Å². The molecule has 80 valence electrons. The standard InChI is InChI=1S/C12H9ClN2O/c13-9-6-7-12(11(8-9)15-14)16-10-4-2-1-3-5-10/h1-7H,8H2. The number of halogens is 1. The Hall–Kier alpha value is -1.83. The van der Waals surface area contributed by atoms with Crippen molar-refractivity contribution in [2.24, 2.45) is 0 Å². The van der Waals surface area contributed by atoms with Gasteiger partial charge in [-0.05, 0) is 24.3 Å². The molecule has 0 aliphatic heterocycles. The van der Waals surface area contributed by atoms with Crippen molar-refractivity contribution in [3.8, 4) is 5.75 Å². The van der Waals surface area contributed by atoms with Crippen molar-refractivity contribution < 1.29 is 9.53 Å². The number of hydrogen-bond donors (Lipinski definition) is 0. The predicted molar refractivity (Wildman–Crippen MR) is 62.3 cm³/mol. The van der Waals surface area contributed by atoms with Crippen molar-refractivity contribution >= 4 is 17.3 Å². The molecule has 4 heteroatoms. The number of para-hydroxylation sites is 1. The van der Waals surface area contributed by atoms with Crippen molar-refractivity contribution in [1.82, 2.24) is 0 Å². The van der Waals surface area contributed by atoms with Gasteiger partial charge < -0.3 is 10.3 Å². The Kier molecular flexibility index (Phi) is 3.20. The van der Waals surface area contributed by atoms with Crippen molar-refractivity contribution in [3.63, 3.8) is 0 Å². The van der Waals surface area contributed by atoms with Gasteiger partial charge in [-0.1, -0.05) is 29.8 Å². The van der Waals surface area contributed by atoms with E-state index in [4.69, 9.17) is 21.9 Å². The van der Waals surface area contributed by atoms with E-state index >= 15 is 0 Å². The van der Waals surface area contributed by atoms with E-state index in [2.05, 4.69) is 4.79 Å². The van der Waals surface area contributed by atoms with Crippen molar-refractivity contribution in [2.75, 3.05) is 0 Å². The third-order valence-electron chi connectivity index (χ3n) is 2.13. The number of hydrogen-bond acceptors (Lipinski definition) is 1. The summed E-state index contributed by atoms with van der Waals surface area (Å²) >= 11 is 5.83. The fourth-order valence-corrected chi connectivity index (χ4v) is 1.55. The molecule has 0 N–H and O–H groups in total. The molecule has 0 spiro atoms. The lowest BCUT2D eigenvalue weighted by Gasteiger charge is -2.08. The summed E-state index contributed by atoms with van der Waals surface area (Å²) in [6.07, 6.45) is 3.80. The average molecular weight is 233 g/mol. The summed E-state index contributed by atoms with van der Waals surface area (Å²) in [5.41, 5.74) is 9.27. The van der Waals surface area contributed by atoms with Gasteiger partial charge in [0.2, 0.25) is 5.76 Å². The molecule has 0 atom stereocenters. The van der Waals surface area contributed by atoms with Crippen LogP contribution in [0, 0.1) is 0 Å². The Bertz CT molecular complexity index is 499. The Morgan fingerprint density at radius 1 is 1.19 bits per heavy atom. The maximum absolute atomic E-state index is 8.84. The van der Waals surface area contributed by atoms with Gasteiger partial charge in [-0.25, -0.2) is 0 Å². The molecule has 16 heavy (non-hydrogen) atoms. The van der Waals surface area contributed by atoms with Crippen LogP contribution in [0.4, 0.5) is 0 Å². The molecule has 0 aromatic heterocycles. The van der Waals surface area contributed by atoms with Gasteiger partial charge in [0.15, 0.2) is 0 Å². The lowest BCUT2D eigenvalue weighted by molar-refractivity contribution is -0.00940. The third-order valence-corrected chi connectivity index (χ3v) is 2.39. The maximum atomic E-state index is 8.84. The first-order valence-corrected chi connectivity index (χ1v) is 5.18. The van der Waals surface area contributed by atoms with E-state index in [-0.39, 0.29) is 0 Å². The highest BCUT2D eigenvalue weighted by Crippen LogP contribution is 2.21. The molecule has 0 unspecified atom stereocenters. The van der Waals surface area contributed by atoms with Gasteiger partial charge in [0.25, 0.3) is 0 Å². The fraction of sp³-hybridized carbons (Fsp3) is 0.0833. The number of nitrogens with zero attached hydrogens (tertiary/aromatic N) is 2. The van der Waals surface area contributed by atoms with Crippen LogP contribution in [0.15, 0.2) is 53.3 Å². The van der Waals surface area contributed by atoms with Crippen LogP contribution in [0.1, 0.15) is 6.42 Å². The van der Waals surface area contributed by atoms with E-state index < -0.39 is 0 Å². The molecule has 1 aromatic carbocycles. The summed E-state index contributed by atoms with van der Waals surface area (Å²) in [7, 11) is 0. The van der Waals surface area contributed by atoms with E-state index in [1.807, 2.05) is 30.3 Å². The Balaban J connectivity index is 2.24. The average Bonchev–Trinajstić information content (AvgIpc) is 2.33. The Morgan fingerprint density at radius 2 is 1.94 bits per heavy atom. The van der Waals surface area contributed by atoms with Gasteiger partial charge in [-0.15, -0.1) is 0 Å². The van der Waals surface area contributed by atoms with Crippen LogP contribution >= 0.6 is 11.6 Å². The second-order valence-electron chi connectivity index (χ2n) is 3.28. The molecule has 0 fully saturated rings. The summed E-state index contributed by atoms with van der Waals surface area (Å²) in [6, 6.07) is 9.31. The summed E-state index contributed by atoms with van der Waals surface area (Å²) in [4.78, 5) is 3.17. The van der Waals surface area contributed by atoms with Crippen LogP contribution in [-0.4, -0.2) is 10.5 Å². The second-order valence-corrected chi connectivity index (χ2v) is 3.77. The molecule has 0 radical (unpaired) electrons. The second kappa shape index (κ2) is 4.79. The lowest BCUT2D eigenvalue weighted by Crippen LogP contribution is -2.13. The minimum absolute atomic E-state index is 0.386. The molecule has 1 aromatic rings. The van der Waals surface area contributed by atoms with Crippen molar-refractivity contribution in [1.29, 1.82) is 0 Å². The third kappa shape index (κ3) is 2.40. The van der Waals surface area contributed by atoms with Gasteiger partial charge in [0.1, 0.15) is 5.75 Å². The van der Waals surface area contributed by atoms with Crippen LogP contribution in [0.3, 0.4) is 0 Å². The monoisotopic (exact) mass is 232 g/mol. The first-order chi connectivity index (χ1) is 7.79. The molecule has 2 rings (SSSR count). The molecule has 0 saturated carbocycles. The lowest BCUT2D eigenvalue weighted by atomic mass is 10.1. The minimum Gasteiger partial charge on any atom is -0.449 e. The SMILES string of the molecule is [N-]=[N+]=C1CC(Cl)=CC=C1Oc1ccccc1. The quantitative estimate of drug-likeness (QED) is 0.571. The van der Waals surface area contributed by atoms with E-state index in [0.717, 1.165) is 0 Å². The molecule has 0 amide bonds. The highest BCUT2D eigenvalue weighted by Gasteiger charge is 2.22. The van der Waals surface area contributed by atoms with Gasteiger partial charge >= 0.3 is 5.71 Å². The van der Waals surface area contributed by atoms with Crippen LogP contribution in [-0.2, 0) is 0 Å². The molecular weight excluding hydrogens is 224 g/mol. The van der Waals surface area contributed by atoms with Crippen LogP contribution < -0.4 is 4.74 Å². The smallest absolute Gasteiger partial charge is 0.339 e. The minimum atomic E-state index is 0.386. The molecule has 1 aliphatic carbocycles. The van der Waals surface area contributed by atoms with E-state index in [1.165, 1.54) is 0 Å². The summed E-state index contributed by atoms with van der Waals surface area (Å²) in [5.74, 6) is 1.21. The summed E-state index contributed by atoms with van der Waals surface area (Å²) < 4.78 is 5.57. The van der Waals surface area contributed by atoms with E-state index in [1.54, 1.807) is 12.2 Å². The molecule has 3 nitrogen and oxygen atoms in total. The van der Waals surface area contributed by atoms with E-state index in [9.17, 15) is 0 Å².